The minimum Gasteiger partial charge on any atom is -0.388 e. The zero-order chi connectivity index (χ0) is 22.4. The zero-order valence-electron chi connectivity index (χ0n) is 18.8. The lowest BCUT2D eigenvalue weighted by molar-refractivity contribution is 0.0246. The Morgan fingerprint density at radius 2 is 2.00 bits per heavy atom. The molecule has 3 rings (SSSR count). The number of amides is 1. The minimum absolute atomic E-state index is 0.248. The molecule has 0 saturated heterocycles. The second-order valence-electron chi connectivity index (χ2n) is 8.93. The predicted molar refractivity (Wildman–Crippen MR) is 123 cm³/mol. The summed E-state index contributed by atoms with van der Waals surface area (Å²) in [5, 5.41) is 18.8. The zero-order valence-corrected chi connectivity index (χ0v) is 19.5. The number of carbonyl (C=O) groups excluding carboxylic acids is 1. The van der Waals surface area contributed by atoms with Gasteiger partial charge in [-0.15, -0.1) is 0 Å². The van der Waals surface area contributed by atoms with Gasteiger partial charge >= 0.3 is 0 Å². The highest BCUT2D eigenvalue weighted by Crippen LogP contribution is 2.28. The molecule has 0 aliphatic heterocycles. The van der Waals surface area contributed by atoms with E-state index >= 15 is 0 Å². The first kappa shape index (κ1) is 23.8. The van der Waals surface area contributed by atoms with Gasteiger partial charge in [0.15, 0.2) is 0 Å². The Labute approximate surface area is 189 Å². The summed E-state index contributed by atoms with van der Waals surface area (Å²) in [6.45, 7) is 5.83. The van der Waals surface area contributed by atoms with Crippen molar-refractivity contribution in [2.45, 2.75) is 64.5 Å². The predicted octanol–water partition coefficient (Wildman–Crippen LogP) is 4.61. The Bertz CT molecular complexity index is 888. The summed E-state index contributed by atoms with van der Waals surface area (Å²) in [5.74, 6) is 0.0761. The largest absolute Gasteiger partial charge is 0.388 e. The number of carbonyl (C=O) groups is 1. The van der Waals surface area contributed by atoms with Gasteiger partial charge in [0.25, 0.3) is 5.91 Å². The third-order valence-corrected chi connectivity index (χ3v) is 6.37. The molecule has 2 N–H and O–H groups in total. The van der Waals surface area contributed by atoms with E-state index in [0.717, 1.165) is 62.0 Å². The van der Waals surface area contributed by atoms with E-state index in [9.17, 15) is 9.90 Å². The molecule has 6 nitrogen and oxygen atoms in total. The Morgan fingerprint density at radius 3 is 2.68 bits per heavy atom. The first-order valence-electron chi connectivity index (χ1n) is 11.2. The van der Waals surface area contributed by atoms with Crippen molar-refractivity contribution in [3.63, 3.8) is 0 Å². The van der Waals surface area contributed by atoms with Crippen LogP contribution in [0.3, 0.4) is 0 Å². The molecule has 1 aliphatic carbocycles. The number of hydrogen-bond donors (Lipinski definition) is 2. The SMILES string of the molecule is COC[C@H](C)Cn1nc(-c2ccc(Cl)c(C(=O)NCC3(O)CCCCCC3)c2)cc1C. The molecule has 0 unspecified atom stereocenters. The molecule has 1 aliphatic rings. The van der Waals surface area contributed by atoms with Crippen LogP contribution in [0.1, 0.15) is 61.5 Å². The number of aryl methyl sites for hydroxylation is 1. The number of nitrogens with zero attached hydrogens (tertiary/aromatic N) is 2. The van der Waals surface area contributed by atoms with Crippen molar-refractivity contribution in [1.82, 2.24) is 15.1 Å². The first-order valence-corrected chi connectivity index (χ1v) is 11.5. The molecule has 0 spiro atoms. The third-order valence-electron chi connectivity index (χ3n) is 6.04. The fourth-order valence-corrected chi connectivity index (χ4v) is 4.43. The highest BCUT2D eigenvalue weighted by Gasteiger charge is 2.28. The van der Waals surface area contributed by atoms with Gasteiger partial charge < -0.3 is 15.2 Å². The van der Waals surface area contributed by atoms with Crippen LogP contribution < -0.4 is 5.32 Å². The Hall–Kier alpha value is -1.89. The Balaban J connectivity index is 1.73. The second-order valence-corrected chi connectivity index (χ2v) is 9.34. The molecule has 2 aromatic rings. The summed E-state index contributed by atoms with van der Waals surface area (Å²) in [4.78, 5) is 12.9. The van der Waals surface area contributed by atoms with E-state index in [1.54, 1.807) is 19.2 Å². The smallest absolute Gasteiger partial charge is 0.252 e. The maximum absolute atomic E-state index is 12.9. The van der Waals surface area contributed by atoms with Crippen molar-refractivity contribution in [2.75, 3.05) is 20.3 Å². The molecule has 1 atom stereocenters. The maximum atomic E-state index is 12.9. The Morgan fingerprint density at radius 1 is 1.29 bits per heavy atom. The molecule has 1 aromatic carbocycles. The Kier molecular flexibility index (Phi) is 8.14. The maximum Gasteiger partial charge on any atom is 0.252 e. The van der Waals surface area contributed by atoms with Gasteiger partial charge in [0.2, 0.25) is 0 Å². The van der Waals surface area contributed by atoms with Gasteiger partial charge in [-0.1, -0.05) is 50.3 Å². The third kappa shape index (κ3) is 6.31. The molecule has 1 amide bonds. The van der Waals surface area contributed by atoms with Gasteiger partial charge in [-0.2, -0.15) is 5.10 Å². The van der Waals surface area contributed by atoms with Crippen LogP contribution in [0.5, 0.6) is 0 Å². The normalized spacial score (nSPS) is 17.2. The highest BCUT2D eigenvalue weighted by atomic mass is 35.5. The van der Waals surface area contributed by atoms with E-state index in [1.165, 1.54) is 0 Å². The van der Waals surface area contributed by atoms with Crippen molar-refractivity contribution < 1.29 is 14.6 Å². The van der Waals surface area contributed by atoms with Crippen molar-refractivity contribution in [3.05, 3.63) is 40.5 Å². The van der Waals surface area contributed by atoms with Gasteiger partial charge in [-0.05, 0) is 43.9 Å². The number of benzene rings is 1. The van der Waals surface area contributed by atoms with E-state index in [4.69, 9.17) is 21.4 Å². The second kappa shape index (κ2) is 10.6. The first-order chi connectivity index (χ1) is 14.8. The fourth-order valence-electron chi connectivity index (χ4n) is 4.23. The fraction of sp³-hybridized carbons (Fsp3) is 0.583. The van der Waals surface area contributed by atoms with Gasteiger partial charge in [-0.25, -0.2) is 0 Å². The van der Waals surface area contributed by atoms with Crippen molar-refractivity contribution in [1.29, 1.82) is 0 Å². The lowest BCUT2D eigenvalue weighted by Gasteiger charge is -2.26. The van der Waals surface area contributed by atoms with Crippen LogP contribution in [-0.2, 0) is 11.3 Å². The summed E-state index contributed by atoms with van der Waals surface area (Å²) in [6, 6.07) is 7.40. The molecule has 170 valence electrons. The average molecular weight is 448 g/mol. The molecule has 31 heavy (non-hydrogen) atoms. The number of nitrogens with one attached hydrogen (secondary N) is 1. The van der Waals surface area contributed by atoms with Crippen LogP contribution in [0.25, 0.3) is 11.3 Å². The summed E-state index contributed by atoms with van der Waals surface area (Å²) in [6.07, 6.45) is 5.71. The number of aliphatic hydroxyl groups is 1. The summed E-state index contributed by atoms with van der Waals surface area (Å²) in [5.41, 5.74) is 2.26. The van der Waals surface area contributed by atoms with E-state index < -0.39 is 5.60 Å². The average Bonchev–Trinajstić information content (AvgIpc) is 2.95. The van der Waals surface area contributed by atoms with E-state index in [2.05, 4.69) is 12.2 Å². The van der Waals surface area contributed by atoms with Crippen LogP contribution in [0.15, 0.2) is 24.3 Å². The molecular weight excluding hydrogens is 414 g/mol. The summed E-state index contributed by atoms with van der Waals surface area (Å²) < 4.78 is 7.19. The number of ether oxygens (including phenoxy) is 1. The lowest BCUT2D eigenvalue weighted by atomic mass is 9.94. The summed E-state index contributed by atoms with van der Waals surface area (Å²) in [7, 11) is 1.70. The van der Waals surface area contributed by atoms with Crippen molar-refractivity contribution in [2.24, 2.45) is 5.92 Å². The standard InChI is InChI=1S/C24H34ClN3O3/c1-17(15-31-3)14-28-18(2)12-22(27-28)19-8-9-21(25)20(13-19)23(29)26-16-24(30)10-6-4-5-7-11-24/h8-9,12-13,17,30H,4-7,10-11,14-16H2,1-3H3,(H,26,29)/t17-/m1/s1. The monoisotopic (exact) mass is 447 g/mol. The van der Waals surface area contributed by atoms with E-state index in [0.29, 0.717) is 23.1 Å². The van der Waals surface area contributed by atoms with Crippen LogP contribution >= 0.6 is 11.6 Å². The van der Waals surface area contributed by atoms with Gasteiger partial charge in [0.1, 0.15) is 0 Å². The minimum atomic E-state index is -0.828. The molecule has 1 heterocycles. The number of methoxy groups -OCH3 is 1. The van der Waals surface area contributed by atoms with Crippen LogP contribution in [0.2, 0.25) is 5.02 Å². The molecule has 7 heteroatoms. The molecule has 1 saturated carbocycles. The van der Waals surface area contributed by atoms with Crippen molar-refractivity contribution >= 4 is 17.5 Å². The summed E-state index contributed by atoms with van der Waals surface area (Å²) >= 11 is 6.34. The van der Waals surface area contributed by atoms with Crippen LogP contribution in [0.4, 0.5) is 0 Å². The van der Waals surface area contributed by atoms with Gasteiger partial charge in [0, 0.05) is 31.5 Å². The van der Waals surface area contributed by atoms with Crippen LogP contribution in [-0.4, -0.2) is 46.7 Å². The van der Waals surface area contributed by atoms with E-state index in [-0.39, 0.29) is 12.5 Å². The lowest BCUT2D eigenvalue weighted by Crippen LogP contribution is -2.42. The van der Waals surface area contributed by atoms with Crippen LogP contribution in [0, 0.1) is 12.8 Å². The molecule has 1 aromatic heterocycles. The molecule has 1 fully saturated rings. The van der Waals surface area contributed by atoms with Gasteiger partial charge in [-0.3, -0.25) is 9.48 Å². The van der Waals surface area contributed by atoms with Crippen molar-refractivity contribution in [3.8, 4) is 11.3 Å². The number of rotatable bonds is 8. The number of aromatic nitrogens is 2. The van der Waals surface area contributed by atoms with Gasteiger partial charge in [0.05, 0.1) is 28.5 Å². The highest BCUT2D eigenvalue weighted by molar-refractivity contribution is 6.34. The van der Waals surface area contributed by atoms with E-state index in [1.807, 2.05) is 23.7 Å². The topological polar surface area (TPSA) is 76.4 Å². The quantitative estimate of drug-likeness (QED) is 0.579. The molecule has 0 radical (unpaired) electrons. The molecular formula is C24H34ClN3O3. The number of hydrogen-bond acceptors (Lipinski definition) is 4. The number of halogens is 1. The molecule has 0 bridgehead atoms.